The predicted molar refractivity (Wildman–Crippen MR) is 71.5 cm³/mol. The number of rotatable bonds is 4. The first-order chi connectivity index (χ1) is 7.99. The highest BCUT2D eigenvalue weighted by atomic mass is 35.5. The van der Waals surface area contributed by atoms with Crippen molar-refractivity contribution in [2.45, 2.75) is 0 Å². The monoisotopic (exact) mass is 250 g/mol. The summed E-state index contributed by atoms with van der Waals surface area (Å²) in [6, 6.07) is 7.39. The van der Waals surface area contributed by atoms with Gasteiger partial charge >= 0.3 is 0 Å². The zero-order valence-electron chi connectivity index (χ0n) is 9.85. The predicted octanol–water partition coefficient (Wildman–Crippen LogP) is 2.28. The van der Waals surface area contributed by atoms with Gasteiger partial charge < -0.3 is 10.6 Å². The number of carbonyl (C=O) groups is 1. The lowest BCUT2D eigenvalue weighted by atomic mass is 10.1. The number of amides is 1. The lowest BCUT2D eigenvalue weighted by Crippen LogP contribution is -2.06. The minimum absolute atomic E-state index is 0.469. The summed E-state index contributed by atoms with van der Waals surface area (Å²) in [6.07, 6.45) is 4.93. The Morgan fingerprint density at radius 1 is 1.24 bits per heavy atom. The normalized spacial score (nSPS) is 11.8. The van der Waals surface area contributed by atoms with Crippen molar-refractivity contribution in [1.29, 1.82) is 0 Å². The SMILES string of the molecule is CN(C)C=C(C=CC(N)=O)c1ccc(Cl)cc1. The molecule has 0 atom stereocenters. The Labute approximate surface area is 106 Å². The van der Waals surface area contributed by atoms with Crippen molar-refractivity contribution < 1.29 is 4.79 Å². The van der Waals surface area contributed by atoms with Crippen LogP contribution in [0.2, 0.25) is 5.02 Å². The Morgan fingerprint density at radius 2 is 1.82 bits per heavy atom. The molecule has 1 amide bonds. The van der Waals surface area contributed by atoms with E-state index in [0.717, 1.165) is 11.1 Å². The first-order valence-electron chi connectivity index (χ1n) is 5.11. The number of halogens is 1. The Bertz CT molecular complexity index is 447. The molecule has 1 aromatic rings. The summed E-state index contributed by atoms with van der Waals surface area (Å²) < 4.78 is 0. The Kier molecular flexibility index (Phi) is 4.79. The van der Waals surface area contributed by atoms with E-state index in [0.29, 0.717) is 5.02 Å². The third-order valence-corrected chi connectivity index (χ3v) is 2.25. The standard InChI is InChI=1S/C13H15ClN2O/c1-16(2)9-11(5-8-13(15)17)10-3-6-12(14)7-4-10/h3-9H,1-2H3,(H2,15,17). The van der Waals surface area contributed by atoms with E-state index in [1.54, 1.807) is 18.2 Å². The summed E-state index contributed by atoms with van der Waals surface area (Å²) in [5.74, 6) is -0.469. The van der Waals surface area contributed by atoms with Gasteiger partial charge in [-0.25, -0.2) is 0 Å². The molecule has 0 saturated carbocycles. The summed E-state index contributed by atoms with van der Waals surface area (Å²) in [5.41, 5.74) is 6.95. The Hall–Kier alpha value is -1.74. The molecule has 0 unspecified atom stereocenters. The summed E-state index contributed by atoms with van der Waals surface area (Å²) >= 11 is 5.83. The number of benzene rings is 1. The minimum Gasteiger partial charge on any atom is -0.383 e. The fraction of sp³-hybridized carbons (Fsp3) is 0.154. The smallest absolute Gasteiger partial charge is 0.241 e. The average Bonchev–Trinajstić information content (AvgIpc) is 2.25. The van der Waals surface area contributed by atoms with Crippen LogP contribution in [0.1, 0.15) is 5.56 Å². The van der Waals surface area contributed by atoms with Crippen LogP contribution in [0.5, 0.6) is 0 Å². The fourth-order valence-electron chi connectivity index (χ4n) is 1.31. The van der Waals surface area contributed by atoms with E-state index in [-0.39, 0.29) is 0 Å². The molecule has 0 heterocycles. The Balaban J connectivity index is 3.06. The molecule has 17 heavy (non-hydrogen) atoms. The molecule has 3 nitrogen and oxygen atoms in total. The van der Waals surface area contributed by atoms with E-state index in [1.165, 1.54) is 6.08 Å². The second-order valence-corrected chi connectivity index (χ2v) is 4.23. The van der Waals surface area contributed by atoms with Crippen molar-refractivity contribution in [3.05, 3.63) is 53.2 Å². The molecule has 0 spiro atoms. The largest absolute Gasteiger partial charge is 0.383 e. The van der Waals surface area contributed by atoms with Gasteiger partial charge in [0.2, 0.25) is 5.91 Å². The molecule has 0 aliphatic rings. The van der Waals surface area contributed by atoms with E-state index in [9.17, 15) is 4.79 Å². The van der Waals surface area contributed by atoms with Crippen molar-refractivity contribution in [3.63, 3.8) is 0 Å². The van der Waals surface area contributed by atoms with Crippen LogP contribution in [0.25, 0.3) is 5.57 Å². The van der Waals surface area contributed by atoms with Gasteiger partial charge in [-0.05, 0) is 29.3 Å². The van der Waals surface area contributed by atoms with Gasteiger partial charge in [0.05, 0.1) is 0 Å². The highest BCUT2D eigenvalue weighted by molar-refractivity contribution is 6.30. The lowest BCUT2D eigenvalue weighted by Gasteiger charge is -2.09. The molecule has 0 aliphatic heterocycles. The second-order valence-electron chi connectivity index (χ2n) is 3.79. The van der Waals surface area contributed by atoms with E-state index in [4.69, 9.17) is 17.3 Å². The van der Waals surface area contributed by atoms with E-state index >= 15 is 0 Å². The van der Waals surface area contributed by atoms with Crippen LogP contribution in [0.15, 0.2) is 42.6 Å². The number of nitrogens with zero attached hydrogens (tertiary/aromatic N) is 1. The van der Waals surface area contributed by atoms with Crippen molar-refractivity contribution in [1.82, 2.24) is 4.90 Å². The molecule has 0 aromatic heterocycles. The maximum absolute atomic E-state index is 10.7. The molecular weight excluding hydrogens is 236 g/mol. The zero-order valence-corrected chi connectivity index (χ0v) is 10.6. The van der Waals surface area contributed by atoms with Crippen molar-refractivity contribution in [2.75, 3.05) is 14.1 Å². The maximum Gasteiger partial charge on any atom is 0.241 e. The van der Waals surface area contributed by atoms with Gasteiger partial charge in [-0.1, -0.05) is 23.7 Å². The van der Waals surface area contributed by atoms with Crippen LogP contribution >= 0.6 is 11.6 Å². The molecule has 4 heteroatoms. The van der Waals surface area contributed by atoms with Crippen molar-refractivity contribution >= 4 is 23.1 Å². The number of nitrogens with two attached hydrogens (primary N) is 1. The molecule has 0 saturated heterocycles. The van der Waals surface area contributed by atoms with Crippen LogP contribution in [-0.2, 0) is 4.79 Å². The summed E-state index contributed by atoms with van der Waals surface area (Å²) in [7, 11) is 3.82. The molecule has 0 aliphatic carbocycles. The van der Waals surface area contributed by atoms with Gasteiger partial charge in [0.15, 0.2) is 0 Å². The second kappa shape index (κ2) is 6.11. The summed E-state index contributed by atoms with van der Waals surface area (Å²) in [6.45, 7) is 0. The number of primary amides is 1. The molecule has 1 rings (SSSR count). The zero-order chi connectivity index (χ0) is 12.8. The number of carbonyl (C=O) groups excluding carboxylic acids is 1. The van der Waals surface area contributed by atoms with E-state index in [1.807, 2.05) is 37.3 Å². The molecule has 2 N–H and O–H groups in total. The molecule has 90 valence electrons. The van der Waals surface area contributed by atoms with Crippen LogP contribution in [-0.4, -0.2) is 24.9 Å². The van der Waals surface area contributed by atoms with Gasteiger partial charge in [-0.15, -0.1) is 0 Å². The highest BCUT2D eigenvalue weighted by Gasteiger charge is 1.99. The van der Waals surface area contributed by atoms with Crippen LogP contribution in [0.3, 0.4) is 0 Å². The van der Waals surface area contributed by atoms with Crippen LogP contribution < -0.4 is 5.73 Å². The fourth-order valence-corrected chi connectivity index (χ4v) is 1.43. The number of hydrogen-bond donors (Lipinski definition) is 1. The summed E-state index contributed by atoms with van der Waals surface area (Å²) in [4.78, 5) is 12.6. The lowest BCUT2D eigenvalue weighted by molar-refractivity contribution is -0.113. The quantitative estimate of drug-likeness (QED) is 0.658. The topological polar surface area (TPSA) is 46.3 Å². The maximum atomic E-state index is 10.7. The average molecular weight is 251 g/mol. The van der Waals surface area contributed by atoms with Crippen molar-refractivity contribution in [2.24, 2.45) is 5.73 Å². The van der Waals surface area contributed by atoms with Crippen LogP contribution in [0.4, 0.5) is 0 Å². The molecular formula is C13H15ClN2O. The molecule has 1 aromatic carbocycles. The van der Waals surface area contributed by atoms with E-state index in [2.05, 4.69) is 0 Å². The van der Waals surface area contributed by atoms with Gasteiger partial charge in [-0.2, -0.15) is 0 Å². The summed E-state index contributed by atoms with van der Waals surface area (Å²) in [5, 5.41) is 0.678. The van der Waals surface area contributed by atoms with Gasteiger partial charge in [0.1, 0.15) is 0 Å². The third kappa shape index (κ3) is 4.74. The molecule has 0 radical (unpaired) electrons. The third-order valence-electron chi connectivity index (χ3n) is 2.00. The number of hydrogen-bond acceptors (Lipinski definition) is 2. The number of allylic oxidation sites excluding steroid dienone is 2. The van der Waals surface area contributed by atoms with Crippen LogP contribution in [0, 0.1) is 0 Å². The van der Waals surface area contributed by atoms with Gasteiger partial charge in [-0.3, -0.25) is 4.79 Å². The molecule has 0 bridgehead atoms. The Morgan fingerprint density at radius 3 is 2.29 bits per heavy atom. The first-order valence-corrected chi connectivity index (χ1v) is 5.48. The minimum atomic E-state index is -0.469. The highest BCUT2D eigenvalue weighted by Crippen LogP contribution is 2.19. The van der Waals surface area contributed by atoms with Gasteiger partial charge in [0.25, 0.3) is 0 Å². The van der Waals surface area contributed by atoms with Crippen molar-refractivity contribution in [3.8, 4) is 0 Å². The van der Waals surface area contributed by atoms with Gasteiger partial charge in [0, 0.05) is 31.4 Å². The first kappa shape index (κ1) is 13.3. The van der Waals surface area contributed by atoms with E-state index < -0.39 is 5.91 Å². The molecule has 0 fully saturated rings.